The Morgan fingerprint density at radius 2 is 1.90 bits per heavy atom. The molecule has 1 fully saturated rings. The lowest BCUT2D eigenvalue weighted by Gasteiger charge is -2.05. The molecule has 1 aliphatic rings. The maximum Gasteiger partial charge on any atom is 0.344 e. The second-order valence-electron chi connectivity index (χ2n) is 6.87. The molecule has 146 valence electrons. The zero-order valence-corrected chi connectivity index (χ0v) is 16.3. The molecule has 1 N–H and O–H groups in total. The molecular weight excluding hydrogens is 366 g/mol. The summed E-state index contributed by atoms with van der Waals surface area (Å²) in [6, 6.07) is 15.7. The summed E-state index contributed by atoms with van der Waals surface area (Å²) in [7, 11) is 0. The number of hydrogen-bond acceptors (Lipinski definition) is 4. The van der Waals surface area contributed by atoms with Crippen LogP contribution >= 0.6 is 0 Å². The van der Waals surface area contributed by atoms with E-state index in [1.54, 1.807) is 6.21 Å². The lowest BCUT2D eigenvalue weighted by Crippen LogP contribution is -2.24. The molecule has 0 bridgehead atoms. The summed E-state index contributed by atoms with van der Waals surface area (Å²) in [5.74, 6) is -0.363. The number of para-hydroxylation sites is 1. The molecule has 0 atom stereocenters. The van der Waals surface area contributed by atoms with Gasteiger partial charge in [-0.1, -0.05) is 49.4 Å². The number of amides is 3. The van der Waals surface area contributed by atoms with Crippen LogP contribution in [0.5, 0.6) is 0 Å². The maximum atomic E-state index is 11.8. The van der Waals surface area contributed by atoms with Crippen molar-refractivity contribution >= 4 is 18.2 Å². The largest absolute Gasteiger partial charge is 0.344 e. The summed E-state index contributed by atoms with van der Waals surface area (Å²) in [4.78, 5) is 23.1. The van der Waals surface area contributed by atoms with E-state index in [1.807, 2.05) is 54.2 Å². The van der Waals surface area contributed by atoms with Crippen LogP contribution in [0.25, 0.3) is 16.9 Å². The SMILES string of the molecule is CCc1ccc(-c2nn(-c3ccccc3C)cc2/C=N\N2CC(=O)NC2=O)cc1. The van der Waals surface area contributed by atoms with Crippen molar-refractivity contribution in [2.45, 2.75) is 20.3 Å². The van der Waals surface area contributed by atoms with Gasteiger partial charge in [-0.2, -0.15) is 10.2 Å². The highest BCUT2D eigenvalue weighted by Crippen LogP contribution is 2.24. The number of hydrazone groups is 1. The highest BCUT2D eigenvalue weighted by Gasteiger charge is 2.26. The third-order valence-electron chi connectivity index (χ3n) is 4.85. The molecule has 7 nitrogen and oxygen atoms in total. The van der Waals surface area contributed by atoms with E-state index in [0.29, 0.717) is 0 Å². The molecule has 0 spiro atoms. The van der Waals surface area contributed by atoms with E-state index >= 15 is 0 Å². The maximum absolute atomic E-state index is 11.8. The average molecular weight is 387 g/mol. The van der Waals surface area contributed by atoms with Gasteiger partial charge in [0.15, 0.2) is 0 Å². The number of nitrogens with zero attached hydrogens (tertiary/aromatic N) is 4. The number of benzene rings is 2. The summed E-state index contributed by atoms with van der Waals surface area (Å²) in [5, 5.41) is 12.3. The van der Waals surface area contributed by atoms with Crippen molar-refractivity contribution < 1.29 is 9.59 Å². The second kappa shape index (κ2) is 7.71. The second-order valence-corrected chi connectivity index (χ2v) is 6.87. The number of carbonyl (C=O) groups excluding carboxylic acids is 2. The monoisotopic (exact) mass is 387 g/mol. The van der Waals surface area contributed by atoms with E-state index in [4.69, 9.17) is 5.10 Å². The van der Waals surface area contributed by atoms with Gasteiger partial charge in [0.1, 0.15) is 12.2 Å². The van der Waals surface area contributed by atoms with Crippen LogP contribution in [-0.2, 0) is 11.2 Å². The van der Waals surface area contributed by atoms with Gasteiger partial charge in [-0.3, -0.25) is 10.1 Å². The quantitative estimate of drug-likeness (QED) is 0.539. The fraction of sp³-hybridized carbons (Fsp3) is 0.182. The Hall–Kier alpha value is -3.74. The van der Waals surface area contributed by atoms with Gasteiger partial charge in [-0.25, -0.2) is 14.5 Å². The van der Waals surface area contributed by atoms with Gasteiger partial charge < -0.3 is 0 Å². The number of hydrogen-bond donors (Lipinski definition) is 1. The highest BCUT2D eigenvalue weighted by molar-refractivity contribution is 6.02. The summed E-state index contributed by atoms with van der Waals surface area (Å²) >= 11 is 0. The van der Waals surface area contributed by atoms with Gasteiger partial charge >= 0.3 is 6.03 Å². The summed E-state index contributed by atoms with van der Waals surface area (Å²) in [6.45, 7) is 4.06. The number of carbonyl (C=O) groups is 2. The zero-order valence-electron chi connectivity index (χ0n) is 16.3. The van der Waals surface area contributed by atoms with Gasteiger partial charge in [0, 0.05) is 17.3 Å². The van der Waals surface area contributed by atoms with Crippen LogP contribution in [0.3, 0.4) is 0 Å². The predicted octanol–water partition coefficient (Wildman–Crippen LogP) is 3.30. The van der Waals surface area contributed by atoms with Gasteiger partial charge in [0.2, 0.25) is 5.91 Å². The summed E-state index contributed by atoms with van der Waals surface area (Å²) in [6.07, 6.45) is 4.41. The Morgan fingerprint density at radius 1 is 1.14 bits per heavy atom. The first-order valence-corrected chi connectivity index (χ1v) is 9.45. The zero-order chi connectivity index (χ0) is 20.4. The number of rotatable bonds is 5. The van der Waals surface area contributed by atoms with Crippen molar-refractivity contribution in [3.05, 3.63) is 71.4 Å². The van der Waals surface area contributed by atoms with E-state index < -0.39 is 6.03 Å². The number of imide groups is 1. The lowest BCUT2D eigenvalue weighted by molar-refractivity contribution is -0.118. The number of nitrogens with one attached hydrogen (secondary N) is 1. The highest BCUT2D eigenvalue weighted by atomic mass is 16.2. The molecule has 0 radical (unpaired) electrons. The lowest BCUT2D eigenvalue weighted by atomic mass is 10.1. The molecule has 0 saturated carbocycles. The molecule has 0 aliphatic carbocycles. The molecule has 3 amide bonds. The van der Waals surface area contributed by atoms with Crippen molar-refractivity contribution in [2.24, 2.45) is 5.10 Å². The van der Waals surface area contributed by atoms with E-state index in [9.17, 15) is 9.59 Å². The van der Waals surface area contributed by atoms with Crippen molar-refractivity contribution in [2.75, 3.05) is 6.54 Å². The average Bonchev–Trinajstić information content (AvgIpc) is 3.29. The first-order valence-electron chi connectivity index (χ1n) is 9.45. The smallest absolute Gasteiger partial charge is 0.275 e. The minimum atomic E-state index is -0.522. The first kappa shape index (κ1) is 18.6. The number of aromatic nitrogens is 2. The Labute approximate surface area is 168 Å². The fourth-order valence-electron chi connectivity index (χ4n) is 3.20. The van der Waals surface area contributed by atoms with E-state index in [-0.39, 0.29) is 12.5 Å². The van der Waals surface area contributed by atoms with E-state index in [0.717, 1.165) is 39.5 Å². The van der Waals surface area contributed by atoms with Crippen LogP contribution in [0.1, 0.15) is 23.6 Å². The summed E-state index contributed by atoms with van der Waals surface area (Å²) in [5.41, 5.74) is 5.77. The molecule has 2 aromatic carbocycles. The minimum Gasteiger partial charge on any atom is -0.275 e. The number of urea groups is 1. The first-order chi connectivity index (χ1) is 14.0. The molecule has 1 aromatic heterocycles. The molecule has 3 aromatic rings. The van der Waals surface area contributed by atoms with Gasteiger partial charge in [-0.15, -0.1) is 0 Å². The minimum absolute atomic E-state index is 0.0816. The Bertz CT molecular complexity index is 1100. The van der Waals surface area contributed by atoms with E-state index in [2.05, 4.69) is 29.5 Å². The van der Waals surface area contributed by atoms with Crippen LogP contribution in [0, 0.1) is 6.92 Å². The topological polar surface area (TPSA) is 79.6 Å². The third-order valence-corrected chi connectivity index (χ3v) is 4.85. The fourth-order valence-corrected chi connectivity index (χ4v) is 3.20. The third kappa shape index (κ3) is 3.80. The van der Waals surface area contributed by atoms with Crippen LogP contribution in [0.4, 0.5) is 4.79 Å². The van der Waals surface area contributed by atoms with E-state index in [1.165, 1.54) is 5.56 Å². The van der Waals surface area contributed by atoms with Crippen LogP contribution in [0.15, 0.2) is 59.8 Å². The Morgan fingerprint density at radius 3 is 2.55 bits per heavy atom. The van der Waals surface area contributed by atoms with Crippen molar-refractivity contribution in [3.63, 3.8) is 0 Å². The molecule has 2 heterocycles. The van der Waals surface area contributed by atoms with Crippen LogP contribution in [-0.4, -0.2) is 39.5 Å². The molecule has 29 heavy (non-hydrogen) atoms. The standard InChI is InChI=1S/C22H21N5O2/c1-3-16-8-10-17(11-9-16)21-18(12-23-27-14-20(28)24-22(27)29)13-26(25-21)19-7-5-4-6-15(19)2/h4-13H,3,14H2,1-2H3,(H,24,28,29)/b23-12-. The van der Waals surface area contributed by atoms with Crippen molar-refractivity contribution in [1.29, 1.82) is 0 Å². The van der Waals surface area contributed by atoms with Crippen molar-refractivity contribution in [3.8, 4) is 16.9 Å². The normalized spacial score (nSPS) is 14.1. The van der Waals surface area contributed by atoms with Gasteiger partial charge in [0.05, 0.1) is 11.9 Å². The molecule has 7 heteroatoms. The Balaban J connectivity index is 1.76. The van der Waals surface area contributed by atoms with Gasteiger partial charge in [0.25, 0.3) is 0 Å². The predicted molar refractivity (Wildman–Crippen MR) is 111 cm³/mol. The molecule has 1 saturated heterocycles. The van der Waals surface area contributed by atoms with Crippen LogP contribution in [0.2, 0.25) is 0 Å². The molecular formula is C22H21N5O2. The number of aryl methyl sites for hydroxylation is 2. The molecule has 0 unspecified atom stereocenters. The Kier molecular flexibility index (Phi) is 4.95. The van der Waals surface area contributed by atoms with Gasteiger partial charge in [-0.05, 0) is 30.5 Å². The van der Waals surface area contributed by atoms with Crippen molar-refractivity contribution in [1.82, 2.24) is 20.1 Å². The van der Waals surface area contributed by atoms with Crippen LogP contribution < -0.4 is 5.32 Å². The molecule has 4 rings (SSSR count). The molecule has 1 aliphatic heterocycles. The summed E-state index contributed by atoms with van der Waals surface area (Å²) < 4.78 is 1.81.